The van der Waals surface area contributed by atoms with Crippen LogP contribution in [0.1, 0.15) is 32.1 Å². The van der Waals surface area contributed by atoms with Crippen molar-refractivity contribution >= 4 is 37.4 Å². The maximum atomic E-state index is 13.3. The largest absolute Gasteiger partial charge is 0.337 e. The molecule has 0 spiro atoms. The third-order valence-corrected chi connectivity index (χ3v) is 10.3. The van der Waals surface area contributed by atoms with Gasteiger partial charge in [-0.15, -0.1) is 0 Å². The average Bonchev–Trinajstić information content (AvgIpc) is 3.05. The molecule has 0 saturated carbocycles. The summed E-state index contributed by atoms with van der Waals surface area (Å²) in [6.07, 6.45) is 2.16. The first-order valence-electron chi connectivity index (χ1n) is 10.6. The van der Waals surface area contributed by atoms with E-state index < -0.39 is 30.9 Å². The predicted molar refractivity (Wildman–Crippen MR) is 122 cm³/mol. The molecule has 2 saturated heterocycles. The van der Waals surface area contributed by atoms with Crippen LogP contribution in [0.2, 0.25) is 5.02 Å². The number of sulfone groups is 1. The normalized spacial score (nSPS) is 23.0. The molecule has 2 aliphatic heterocycles. The molecule has 2 bridgehead atoms. The molecule has 2 fully saturated rings. The number of hydrogen-bond donors (Lipinski definition) is 1. The van der Waals surface area contributed by atoms with Gasteiger partial charge in [-0.1, -0.05) is 29.8 Å². The number of hydrogen-bond acceptors (Lipinski definition) is 5. The molecule has 0 aromatic heterocycles. The first kappa shape index (κ1) is 24.1. The lowest BCUT2D eigenvalue weighted by Crippen LogP contribution is -2.50. The molecule has 178 valence electrons. The zero-order valence-corrected chi connectivity index (χ0v) is 20.0. The van der Waals surface area contributed by atoms with E-state index in [1.807, 2.05) is 0 Å². The molecule has 33 heavy (non-hydrogen) atoms. The van der Waals surface area contributed by atoms with Gasteiger partial charge in [0.25, 0.3) is 0 Å². The number of carbonyl (C=O) groups is 1. The van der Waals surface area contributed by atoms with Crippen LogP contribution in [0.4, 0.5) is 4.39 Å². The monoisotopic (exact) mass is 514 g/mol. The van der Waals surface area contributed by atoms with E-state index in [0.29, 0.717) is 17.7 Å². The lowest BCUT2D eigenvalue weighted by molar-refractivity contribution is -0.135. The van der Waals surface area contributed by atoms with E-state index in [1.54, 1.807) is 35.2 Å². The van der Waals surface area contributed by atoms with Gasteiger partial charge in [0.2, 0.25) is 15.9 Å². The molecule has 1 N–H and O–H groups in total. The van der Waals surface area contributed by atoms with Crippen LogP contribution in [0, 0.1) is 5.82 Å². The zero-order chi connectivity index (χ0) is 23.8. The van der Waals surface area contributed by atoms with Gasteiger partial charge in [-0.2, -0.15) is 0 Å². The minimum absolute atomic E-state index is 0.0583. The van der Waals surface area contributed by atoms with Gasteiger partial charge in [-0.05, 0) is 56.0 Å². The molecule has 2 aliphatic rings. The molecule has 7 nitrogen and oxygen atoms in total. The maximum Gasteiger partial charge on any atom is 0.240 e. The molecule has 2 aromatic rings. The highest BCUT2D eigenvalue weighted by Crippen LogP contribution is 2.40. The second kappa shape index (κ2) is 9.32. The Bertz CT molecular complexity index is 1240. The molecular formula is C22H24ClFN2O5S2. The predicted octanol–water partition coefficient (Wildman–Crippen LogP) is 3.14. The number of rotatable bonds is 7. The molecule has 4 rings (SSSR count). The number of benzene rings is 2. The number of nitrogens with zero attached hydrogens (tertiary/aromatic N) is 1. The summed E-state index contributed by atoms with van der Waals surface area (Å²) in [6, 6.07) is 11.1. The smallest absolute Gasteiger partial charge is 0.240 e. The van der Waals surface area contributed by atoms with Gasteiger partial charge in [0.1, 0.15) is 5.82 Å². The van der Waals surface area contributed by atoms with Crippen LogP contribution in [0.25, 0.3) is 0 Å². The van der Waals surface area contributed by atoms with E-state index in [9.17, 15) is 26.0 Å². The Morgan fingerprint density at radius 1 is 1.00 bits per heavy atom. The molecule has 2 unspecified atom stereocenters. The van der Waals surface area contributed by atoms with Gasteiger partial charge in [-0.3, -0.25) is 4.79 Å². The molecule has 11 heteroatoms. The number of nitrogens with one attached hydrogen (secondary N) is 1. The van der Waals surface area contributed by atoms with Crippen molar-refractivity contribution in [3.8, 4) is 0 Å². The lowest BCUT2D eigenvalue weighted by atomic mass is 10.0. The highest BCUT2D eigenvalue weighted by atomic mass is 35.5. The van der Waals surface area contributed by atoms with Crippen molar-refractivity contribution in [2.24, 2.45) is 0 Å². The zero-order valence-electron chi connectivity index (χ0n) is 17.7. The Morgan fingerprint density at radius 3 is 2.24 bits per heavy atom. The fourth-order valence-corrected chi connectivity index (χ4v) is 7.91. The van der Waals surface area contributed by atoms with E-state index in [1.165, 1.54) is 0 Å². The number of fused-ring (bicyclic) bond motifs is 2. The summed E-state index contributed by atoms with van der Waals surface area (Å²) in [6.45, 7) is -0.127. The standard InChI is InChI=1S/C22H24ClFN2O5S2/c23-20-14-18(8-9-21(20)24)33(30,31)25-11-10-22(27)26-15-6-7-16(26)13-19(12-15)32(28,29)17-4-2-1-3-5-17/h1-5,8-9,14-16,19,25H,6-7,10-13H2. The second-order valence-electron chi connectivity index (χ2n) is 8.36. The number of sulfonamides is 1. The Kier molecular flexibility index (Phi) is 6.82. The molecule has 1 amide bonds. The van der Waals surface area contributed by atoms with E-state index in [-0.39, 0.29) is 40.9 Å². The van der Waals surface area contributed by atoms with Gasteiger partial charge in [0.05, 0.1) is 20.1 Å². The van der Waals surface area contributed by atoms with Crippen molar-refractivity contribution in [3.63, 3.8) is 0 Å². The van der Waals surface area contributed by atoms with Crippen LogP contribution in [-0.2, 0) is 24.7 Å². The highest BCUT2D eigenvalue weighted by molar-refractivity contribution is 7.92. The summed E-state index contributed by atoms with van der Waals surface area (Å²) in [5.41, 5.74) is 0. The van der Waals surface area contributed by atoms with E-state index in [4.69, 9.17) is 11.6 Å². The van der Waals surface area contributed by atoms with Crippen LogP contribution in [0.15, 0.2) is 58.3 Å². The van der Waals surface area contributed by atoms with E-state index in [0.717, 1.165) is 31.0 Å². The van der Waals surface area contributed by atoms with Gasteiger partial charge in [-0.25, -0.2) is 25.9 Å². The maximum absolute atomic E-state index is 13.3. The number of carbonyl (C=O) groups excluding carboxylic acids is 1. The van der Waals surface area contributed by atoms with E-state index in [2.05, 4.69) is 4.72 Å². The fourth-order valence-electron chi connectivity index (χ4n) is 4.74. The van der Waals surface area contributed by atoms with Gasteiger partial charge < -0.3 is 4.90 Å². The molecular weight excluding hydrogens is 491 g/mol. The second-order valence-corrected chi connectivity index (χ2v) is 12.8. The van der Waals surface area contributed by atoms with Gasteiger partial charge in [0.15, 0.2) is 9.84 Å². The summed E-state index contributed by atoms with van der Waals surface area (Å²) in [4.78, 5) is 14.7. The lowest BCUT2D eigenvalue weighted by Gasteiger charge is -2.38. The third kappa shape index (κ3) is 4.94. The summed E-state index contributed by atoms with van der Waals surface area (Å²) < 4.78 is 66.5. The highest BCUT2D eigenvalue weighted by Gasteiger charge is 2.46. The summed E-state index contributed by atoms with van der Waals surface area (Å²) in [7, 11) is -7.42. The topological polar surface area (TPSA) is 101 Å². The van der Waals surface area contributed by atoms with Gasteiger partial charge in [0, 0.05) is 25.0 Å². The van der Waals surface area contributed by atoms with Crippen LogP contribution in [0.3, 0.4) is 0 Å². The molecule has 0 radical (unpaired) electrons. The van der Waals surface area contributed by atoms with Crippen LogP contribution in [-0.4, -0.2) is 51.5 Å². The summed E-state index contributed by atoms with van der Waals surface area (Å²) in [5, 5.41) is -0.845. The van der Waals surface area contributed by atoms with Crippen molar-refractivity contribution < 1.29 is 26.0 Å². The molecule has 2 aromatic carbocycles. The molecule has 2 heterocycles. The van der Waals surface area contributed by atoms with Crippen molar-refractivity contribution in [2.75, 3.05) is 6.54 Å². The van der Waals surface area contributed by atoms with Crippen molar-refractivity contribution in [1.29, 1.82) is 0 Å². The Morgan fingerprint density at radius 2 is 1.64 bits per heavy atom. The van der Waals surface area contributed by atoms with Crippen molar-refractivity contribution in [1.82, 2.24) is 9.62 Å². The average molecular weight is 515 g/mol. The molecule has 0 aliphatic carbocycles. The summed E-state index contributed by atoms with van der Waals surface area (Å²) in [5.74, 6) is -0.933. The number of amides is 1. The number of halogens is 2. The molecule has 2 atom stereocenters. The first-order valence-corrected chi connectivity index (χ1v) is 14.0. The Hall–Kier alpha value is -2.01. The Labute approximate surface area is 197 Å². The Balaban J connectivity index is 1.37. The van der Waals surface area contributed by atoms with Crippen LogP contribution >= 0.6 is 11.6 Å². The minimum Gasteiger partial charge on any atom is -0.337 e. The summed E-state index contributed by atoms with van der Waals surface area (Å²) >= 11 is 5.66. The van der Waals surface area contributed by atoms with Gasteiger partial charge >= 0.3 is 0 Å². The quantitative estimate of drug-likeness (QED) is 0.611. The minimum atomic E-state index is -3.95. The van der Waals surface area contributed by atoms with Crippen molar-refractivity contribution in [3.05, 3.63) is 59.4 Å². The van der Waals surface area contributed by atoms with Crippen LogP contribution in [0.5, 0.6) is 0 Å². The fraction of sp³-hybridized carbons (Fsp3) is 0.409. The number of piperidine rings is 1. The third-order valence-electron chi connectivity index (χ3n) is 6.32. The first-order chi connectivity index (χ1) is 15.6. The van der Waals surface area contributed by atoms with E-state index >= 15 is 0 Å². The SMILES string of the molecule is O=C(CCNS(=O)(=O)c1ccc(F)c(Cl)c1)N1C2CCC1CC(S(=O)(=O)c1ccccc1)C2. The van der Waals surface area contributed by atoms with Crippen LogP contribution < -0.4 is 4.72 Å². The van der Waals surface area contributed by atoms with Crippen molar-refractivity contribution in [2.45, 2.75) is 59.2 Å².